The van der Waals surface area contributed by atoms with Gasteiger partial charge in [-0.15, -0.1) is 4.91 Å². The molecule has 0 saturated heterocycles. The summed E-state index contributed by atoms with van der Waals surface area (Å²) in [6.45, 7) is 6.57. The number of nitrogens with zero attached hydrogens (tertiary/aromatic N) is 1. The van der Waals surface area contributed by atoms with Gasteiger partial charge in [0.15, 0.2) is 11.3 Å². The van der Waals surface area contributed by atoms with Gasteiger partial charge in [-0.25, -0.2) is 0 Å². The van der Waals surface area contributed by atoms with Crippen molar-refractivity contribution in [3.8, 4) is 0 Å². The van der Waals surface area contributed by atoms with Gasteiger partial charge in [-0.1, -0.05) is 19.0 Å². The van der Waals surface area contributed by atoms with Crippen molar-refractivity contribution in [2.75, 3.05) is 0 Å². The minimum atomic E-state index is -1.03. The van der Waals surface area contributed by atoms with Crippen molar-refractivity contribution in [3.63, 3.8) is 0 Å². The van der Waals surface area contributed by atoms with E-state index in [-0.39, 0.29) is 11.7 Å². The van der Waals surface area contributed by atoms with E-state index in [0.29, 0.717) is 0 Å². The molecule has 0 aliphatic heterocycles. The number of ketones is 1. The second kappa shape index (κ2) is 2.90. The van der Waals surface area contributed by atoms with Gasteiger partial charge in [0, 0.05) is 0 Å². The maximum absolute atomic E-state index is 10.8. The first-order valence-electron chi connectivity index (χ1n) is 3.30. The van der Waals surface area contributed by atoms with Crippen LogP contribution >= 0.6 is 0 Å². The Labute approximate surface area is 60.8 Å². The Morgan fingerprint density at radius 1 is 1.50 bits per heavy atom. The first kappa shape index (κ1) is 9.27. The van der Waals surface area contributed by atoms with Crippen LogP contribution < -0.4 is 0 Å². The van der Waals surface area contributed by atoms with Crippen LogP contribution in [0.25, 0.3) is 0 Å². The summed E-state index contributed by atoms with van der Waals surface area (Å²) >= 11 is 0. The number of nitroso groups, excluding NO2 is 1. The topological polar surface area (TPSA) is 46.5 Å². The molecule has 0 aliphatic carbocycles. The van der Waals surface area contributed by atoms with Crippen LogP contribution in [0.1, 0.15) is 27.7 Å². The van der Waals surface area contributed by atoms with Gasteiger partial charge in [0.1, 0.15) is 0 Å². The van der Waals surface area contributed by atoms with Gasteiger partial charge < -0.3 is 0 Å². The van der Waals surface area contributed by atoms with Crippen molar-refractivity contribution in [1.82, 2.24) is 0 Å². The van der Waals surface area contributed by atoms with E-state index in [0.717, 1.165) is 0 Å². The number of hydrogen-bond acceptors (Lipinski definition) is 3. The lowest BCUT2D eigenvalue weighted by atomic mass is 9.86. The summed E-state index contributed by atoms with van der Waals surface area (Å²) in [4.78, 5) is 21.1. The fraction of sp³-hybridized carbons (Fsp3) is 0.857. The number of carbonyl (C=O) groups excluding carboxylic acids is 1. The van der Waals surface area contributed by atoms with E-state index in [4.69, 9.17) is 0 Å². The van der Waals surface area contributed by atoms with Crippen molar-refractivity contribution >= 4 is 5.78 Å². The van der Waals surface area contributed by atoms with Gasteiger partial charge in [-0.2, -0.15) is 0 Å². The lowest BCUT2D eigenvalue weighted by molar-refractivity contribution is -0.122. The zero-order valence-electron chi connectivity index (χ0n) is 6.84. The minimum absolute atomic E-state index is 0.0255. The SMILES string of the molecule is CC(=O)C(C)(N=O)C(C)C. The number of carbonyl (C=O) groups is 1. The first-order chi connectivity index (χ1) is 4.45. The molecule has 0 rings (SSSR count). The molecule has 0 aromatic carbocycles. The molecule has 0 aliphatic rings. The number of hydrogen-bond donors (Lipinski definition) is 0. The third-order valence-corrected chi connectivity index (χ3v) is 2.03. The minimum Gasteiger partial charge on any atom is -0.297 e. The fourth-order valence-electron chi connectivity index (χ4n) is 0.576. The Morgan fingerprint density at radius 2 is 1.90 bits per heavy atom. The van der Waals surface area contributed by atoms with Gasteiger partial charge in [0.25, 0.3) is 0 Å². The number of rotatable bonds is 3. The second-order valence-electron chi connectivity index (χ2n) is 2.95. The van der Waals surface area contributed by atoms with Crippen LogP contribution in [0.2, 0.25) is 0 Å². The van der Waals surface area contributed by atoms with E-state index in [2.05, 4.69) is 5.18 Å². The molecule has 0 saturated carbocycles. The molecule has 3 heteroatoms. The van der Waals surface area contributed by atoms with E-state index in [1.54, 1.807) is 6.92 Å². The molecule has 1 unspecified atom stereocenters. The highest BCUT2D eigenvalue weighted by molar-refractivity contribution is 5.86. The highest BCUT2D eigenvalue weighted by Crippen LogP contribution is 2.21. The van der Waals surface area contributed by atoms with Crippen molar-refractivity contribution < 1.29 is 4.79 Å². The second-order valence-corrected chi connectivity index (χ2v) is 2.95. The van der Waals surface area contributed by atoms with E-state index in [9.17, 15) is 9.70 Å². The molecule has 3 nitrogen and oxygen atoms in total. The summed E-state index contributed by atoms with van der Waals surface area (Å²) < 4.78 is 0. The predicted octanol–water partition coefficient (Wildman–Crippen LogP) is 1.76. The van der Waals surface area contributed by atoms with Crippen LogP contribution in [0, 0.1) is 10.8 Å². The van der Waals surface area contributed by atoms with Crippen molar-refractivity contribution in [2.45, 2.75) is 33.2 Å². The van der Waals surface area contributed by atoms with E-state index in [1.807, 2.05) is 13.8 Å². The highest BCUT2D eigenvalue weighted by atomic mass is 16.3. The molecule has 0 spiro atoms. The highest BCUT2D eigenvalue weighted by Gasteiger charge is 2.34. The Morgan fingerprint density at radius 3 is 1.90 bits per heavy atom. The molecule has 10 heavy (non-hydrogen) atoms. The standard InChI is InChI=1S/C7H13NO2/c1-5(2)7(4,8-10)6(3)9/h5H,1-4H3. The van der Waals surface area contributed by atoms with Gasteiger partial charge in [0.2, 0.25) is 0 Å². The third-order valence-electron chi connectivity index (χ3n) is 2.03. The van der Waals surface area contributed by atoms with Crippen LogP contribution in [0.5, 0.6) is 0 Å². The lowest BCUT2D eigenvalue weighted by Gasteiger charge is -2.21. The molecule has 0 aromatic heterocycles. The summed E-state index contributed by atoms with van der Waals surface area (Å²) in [6.07, 6.45) is 0. The lowest BCUT2D eigenvalue weighted by Crippen LogP contribution is -2.36. The Bertz CT molecular complexity index is 154. The van der Waals surface area contributed by atoms with Crippen LogP contribution in [0.15, 0.2) is 5.18 Å². The average Bonchev–Trinajstić information content (AvgIpc) is 1.85. The molecule has 1 atom stereocenters. The average molecular weight is 143 g/mol. The van der Waals surface area contributed by atoms with E-state index < -0.39 is 5.54 Å². The normalized spacial score (nSPS) is 16.5. The molecular weight excluding hydrogens is 130 g/mol. The van der Waals surface area contributed by atoms with Crippen LogP contribution in [-0.2, 0) is 4.79 Å². The summed E-state index contributed by atoms with van der Waals surface area (Å²) in [5.74, 6) is -0.194. The molecule has 0 aromatic rings. The number of Topliss-reactive ketones (excluding diaryl/α,β-unsaturated/α-hetero) is 1. The molecule has 0 fully saturated rings. The Hall–Kier alpha value is -0.730. The van der Waals surface area contributed by atoms with Crippen molar-refractivity contribution in [2.24, 2.45) is 11.1 Å². The van der Waals surface area contributed by atoms with E-state index >= 15 is 0 Å². The quantitative estimate of drug-likeness (QED) is 0.565. The van der Waals surface area contributed by atoms with Gasteiger partial charge in [-0.3, -0.25) is 4.79 Å². The van der Waals surface area contributed by atoms with Gasteiger partial charge in [0.05, 0.1) is 0 Å². The summed E-state index contributed by atoms with van der Waals surface area (Å²) in [6, 6.07) is 0. The monoisotopic (exact) mass is 143 g/mol. The van der Waals surface area contributed by atoms with Crippen molar-refractivity contribution in [1.29, 1.82) is 0 Å². The van der Waals surface area contributed by atoms with Crippen LogP contribution in [0.4, 0.5) is 0 Å². The molecule has 0 N–H and O–H groups in total. The molecule has 0 radical (unpaired) electrons. The van der Waals surface area contributed by atoms with Crippen molar-refractivity contribution in [3.05, 3.63) is 4.91 Å². The zero-order valence-corrected chi connectivity index (χ0v) is 6.84. The van der Waals surface area contributed by atoms with E-state index in [1.165, 1.54) is 6.92 Å². The Kier molecular flexibility index (Phi) is 2.69. The maximum atomic E-state index is 10.8. The molecule has 0 heterocycles. The fourth-order valence-corrected chi connectivity index (χ4v) is 0.576. The molecule has 0 bridgehead atoms. The maximum Gasteiger partial charge on any atom is 0.160 e. The van der Waals surface area contributed by atoms with Crippen LogP contribution in [-0.4, -0.2) is 11.3 Å². The largest absolute Gasteiger partial charge is 0.297 e. The van der Waals surface area contributed by atoms with Gasteiger partial charge >= 0.3 is 0 Å². The molecule has 58 valence electrons. The molecule has 0 amide bonds. The smallest absolute Gasteiger partial charge is 0.160 e. The first-order valence-corrected chi connectivity index (χ1v) is 3.30. The Balaban J connectivity index is 4.54. The third kappa shape index (κ3) is 1.40. The van der Waals surface area contributed by atoms with Gasteiger partial charge in [-0.05, 0) is 19.8 Å². The zero-order chi connectivity index (χ0) is 8.36. The summed E-state index contributed by atoms with van der Waals surface area (Å²) in [5.41, 5.74) is -1.03. The summed E-state index contributed by atoms with van der Waals surface area (Å²) in [7, 11) is 0. The molecular formula is C7H13NO2. The summed E-state index contributed by atoms with van der Waals surface area (Å²) in [5, 5.41) is 2.82. The van der Waals surface area contributed by atoms with Crippen LogP contribution in [0.3, 0.4) is 0 Å². The predicted molar refractivity (Wildman–Crippen MR) is 39.7 cm³/mol.